The molecule has 0 radical (unpaired) electrons. The number of carbonyl (C=O) groups excluding carboxylic acids is 2. The maximum absolute atomic E-state index is 12.5. The molecular weight excluding hydrogens is 480 g/mol. The Labute approximate surface area is 232 Å². The Morgan fingerprint density at radius 1 is 0.447 bits per heavy atom. The van der Waals surface area contributed by atoms with Gasteiger partial charge in [-0.25, -0.2) is 0 Å². The summed E-state index contributed by atoms with van der Waals surface area (Å²) in [4.78, 5) is 47.8. The zero-order valence-electron chi connectivity index (χ0n) is 24.7. The largest absolute Gasteiger partial charge is 0.481 e. The van der Waals surface area contributed by atoms with Crippen LogP contribution in [0.1, 0.15) is 168 Å². The van der Waals surface area contributed by atoms with E-state index in [1.807, 2.05) is 0 Å². The van der Waals surface area contributed by atoms with Crippen molar-refractivity contribution in [2.75, 3.05) is 0 Å². The van der Waals surface area contributed by atoms with Gasteiger partial charge < -0.3 is 10.2 Å². The number of unbranched alkanes of at least 4 members (excludes halogenated alkanes) is 15. The first-order chi connectivity index (χ1) is 18.3. The smallest absolute Gasteiger partial charge is 0.306 e. The molecule has 0 aliphatic carbocycles. The average Bonchev–Trinajstić information content (AvgIpc) is 2.87. The topological polar surface area (TPSA) is 109 Å². The Kier molecular flexibility index (Phi) is 24.4. The predicted octanol–water partition coefficient (Wildman–Crippen LogP) is 8.93. The average molecular weight is 539 g/mol. The predicted molar refractivity (Wildman–Crippen MR) is 154 cm³/mol. The van der Waals surface area contributed by atoms with Crippen LogP contribution in [0.15, 0.2) is 0 Å². The molecule has 0 saturated heterocycles. The van der Waals surface area contributed by atoms with Crippen LogP contribution < -0.4 is 0 Å². The monoisotopic (exact) mass is 538 g/mol. The van der Waals surface area contributed by atoms with Gasteiger partial charge in [-0.2, -0.15) is 0 Å². The highest BCUT2D eigenvalue weighted by Gasteiger charge is 2.25. The second-order valence-electron chi connectivity index (χ2n) is 11.3. The van der Waals surface area contributed by atoms with Gasteiger partial charge in [-0.3, -0.25) is 19.2 Å². The van der Waals surface area contributed by atoms with Crippen LogP contribution in [0.3, 0.4) is 0 Å². The van der Waals surface area contributed by atoms with E-state index in [0.29, 0.717) is 37.9 Å². The number of ketones is 2. The summed E-state index contributed by atoms with van der Waals surface area (Å²) < 4.78 is 0. The molecule has 0 bridgehead atoms. The minimum absolute atomic E-state index is 0.0819. The van der Waals surface area contributed by atoms with E-state index in [0.717, 1.165) is 57.8 Å². The van der Waals surface area contributed by atoms with Crippen molar-refractivity contribution in [1.82, 2.24) is 0 Å². The lowest BCUT2D eigenvalue weighted by Gasteiger charge is -2.15. The Morgan fingerprint density at radius 2 is 0.763 bits per heavy atom. The maximum atomic E-state index is 12.5. The number of hydrogen-bond donors (Lipinski definition) is 2. The summed E-state index contributed by atoms with van der Waals surface area (Å²) in [6.45, 7) is 4.38. The van der Waals surface area contributed by atoms with Gasteiger partial charge in [0, 0.05) is 25.7 Å². The van der Waals surface area contributed by atoms with E-state index in [1.165, 1.54) is 51.4 Å². The molecule has 0 aliphatic heterocycles. The lowest BCUT2D eigenvalue weighted by Crippen LogP contribution is -2.22. The number of carboxylic acid groups (broad SMARTS) is 2. The molecule has 0 aromatic carbocycles. The van der Waals surface area contributed by atoms with E-state index in [1.54, 1.807) is 0 Å². The first-order valence-corrected chi connectivity index (χ1v) is 15.8. The van der Waals surface area contributed by atoms with E-state index >= 15 is 0 Å². The van der Waals surface area contributed by atoms with Crippen LogP contribution in [-0.2, 0) is 19.2 Å². The molecule has 0 fully saturated rings. The number of carboxylic acids is 2. The van der Waals surface area contributed by atoms with Crippen molar-refractivity contribution >= 4 is 23.5 Å². The molecule has 2 atom stereocenters. The molecule has 6 heteroatoms. The number of rotatable bonds is 29. The minimum atomic E-state index is -0.998. The van der Waals surface area contributed by atoms with Crippen molar-refractivity contribution in [3.05, 3.63) is 0 Å². The highest BCUT2D eigenvalue weighted by molar-refractivity contribution is 5.87. The summed E-state index contributed by atoms with van der Waals surface area (Å²) in [6, 6.07) is 0. The van der Waals surface area contributed by atoms with Crippen LogP contribution in [0.5, 0.6) is 0 Å². The fourth-order valence-electron chi connectivity index (χ4n) is 5.08. The summed E-state index contributed by atoms with van der Waals surface area (Å²) in [6.07, 6.45) is 21.5. The van der Waals surface area contributed by atoms with Gasteiger partial charge in [-0.1, -0.05) is 117 Å². The SMILES string of the molecule is CCCCCCCCCCCC(=O)CCCCCC(CC(=O)CC(CCCCCCCC)C(=O)O)C(=O)O. The van der Waals surface area contributed by atoms with Crippen molar-refractivity contribution in [2.24, 2.45) is 11.8 Å². The van der Waals surface area contributed by atoms with Crippen molar-refractivity contribution in [1.29, 1.82) is 0 Å². The van der Waals surface area contributed by atoms with E-state index in [-0.39, 0.29) is 18.6 Å². The van der Waals surface area contributed by atoms with Crippen molar-refractivity contribution < 1.29 is 29.4 Å². The lowest BCUT2D eigenvalue weighted by molar-refractivity contribution is -0.145. The molecule has 2 N–H and O–H groups in total. The molecule has 0 rings (SSSR count). The summed E-state index contributed by atoms with van der Waals surface area (Å²) in [5.41, 5.74) is 0. The fourth-order valence-corrected chi connectivity index (χ4v) is 5.08. The summed E-state index contributed by atoms with van der Waals surface area (Å²) in [7, 11) is 0. The van der Waals surface area contributed by atoms with Gasteiger partial charge in [0.25, 0.3) is 0 Å². The Hall–Kier alpha value is -1.72. The van der Waals surface area contributed by atoms with E-state index < -0.39 is 23.8 Å². The lowest BCUT2D eigenvalue weighted by atomic mass is 9.89. The molecular formula is C32H58O6. The molecule has 222 valence electrons. The molecule has 0 aromatic rings. The summed E-state index contributed by atoms with van der Waals surface area (Å²) in [5.74, 6) is -3.44. The normalized spacial score (nSPS) is 12.8. The first kappa shape index (κ1) is 36.3. The fraction of sp³-hybridized carbons (Fsp3) is 0.875. The van der Waals surface area contributed by atoms with Crippen LogP contribution in [-0.4, -0.2) is 33.7 Å². The van der Waals surface area contributed by atoms with Gasteiger partial charge in [0.05, 0.1) is 11.8 Å². The molecule has 0 aliphatic rings. The Morgan fingerprint density at radius 3 is 1.13 bits per heavy atom. The molecule has 6 nitrogen and oxygen atoms in total. The van der Waals surface area contributed by atoms with Crippen molar-refractivity contribution in [3.63, 3.8) is 0 Å². The molecule has 0 amide bonds. The zero-order valence-corrected chi connectivity index (χ0v) is 24.7. The Balaban J connectivity index is 4.04. The number of carbonyl (C=O) groups is 4. The van der Waals surface area contributed by atoms with Crippen molar-refractivity contribution in [2.45, 2.75) is 168 Å². The quantitative estimate of drug-likeness (QED) is 0.0920. The number of hydrogen-bond acceptors (Lipinski definition) is 4. The van der Waals surface area contributed by atoms with Gasteiger partial charge in [0.15, 0.2) is 0 Å². The molecule has 0 spiro atoms. The first-order valence-electron chi connectivity index (χ1n) is 15.8. The molecule has 0 aromatic heterocycles. The minimum Gasteiger partial charge on any atom is -0.481 e. The van der Waals surface area contributed by atoms with E-state index in [9.17, 15) is 29.4 Å². The van der Waals surface area contributed by atoms with Crippen LogP contribution in [0, 0.1) is 11.8 Å². The summed E-state index contributed by atoms with van der Waals surface area (Å²) >= 11 is 0. The molecule has 2 unspecified atom stereocenters. The third-order valence-electron chi connectivity index (χ3n) is 7.62. The highest BCUT2D eigenvalue weighted by atomic mass is 16.4. The standard InChI is InChI=1S/C32H58O6/c1-3-5-7-9-11-12-13-15-19-23-29(33)24-20-16-18-22-28(32(37)38)26-30(34)25-27(31(35)36)21-17-14-10-8-6-4-2/h27-28H,3-26H2,1-2H3,(H,35,36)(H,37,38). The zero-order chi connectivity index (χ0) is 28.4. The third kappa shape index (κ3) is 22.3. The summed E-state index contributed by atoms with van der Waals surface area (Å²) in [5, 5.41) is 19.0. The van der Waals surface area contributed by atoms with Gasteiger partial charge in [-0.05, 0) is 25.7 Å². The molecule has 0 saturated carbocycles. The van der Waals surface area contributed by atoms with Crippen molar-refractivity contribution in [3.8, 4) is 0 Å². The van der Waals surface area contributed by atoms with Crippen LogP contribution in [0.25, 0.3) is 0 Å². The van der Waals surface area contributed by atoms with Gasteiger partial charge in [-0.15, -0.1) is 0 Å². The van der Waals surface area contributed by atoms with Gasteiger partial charge in [0.1, 0.15) is 11.6 Å². The molecule has 0 heterocycles. The van der Waals surface area contributed by atoms with Crippen LogP contribution >= 0.6 is 0 Å². The second kappa shape index (κ2) is 25.6. The van der Waals surface area contributed by atoms with Crippen LogP contribution in [0.4, 0.5) is 0 Å². The molecule has 38 heavy (non-hydrogen) atoms. The second-order valence-corrected chi connectivity index (χ2v) is 11.3. The van der Waals surface area contributed by atoms with E-state index in [2.05, 4.69) is 13.8 Å². The van der Waals surface area contributed by atoms with Gasteiger partial charge >= 0.3 is 11.9 Å². The van der Waals surface area contributed by atoms with E-state index in [4.69, 9.17) is 0 Å². The van der Waals surface area contributed by atoms with Gasteiger partial charge in [0.2, 0.25) is 0 Å². The maximum Gasteiger partial charge on any atom is 0.306 e. The Bertz CT molecular complexity index is 629. The van der Waals surface area contributed by atoms with Crippen LogP contribution in [0.2, 0.25) is 0 Å². The third-order valence-corrected chi connectivity index (χ3v) is 7.62. The number of aliphatic carboxylic acids is 2. The highest BCUT2D eigenvalue weighted by Crippen LogP contribution is 2.21. The number of Topliss-reactive ketones (excluding diaryl/α,β-unsaturated/α-hetero) is 2.